The number of methoxy groups -OCH3 is 1. The van der Waals surface area contributed by atoms with Crippen LogP contribution >= 0.6 is 0 Å². The third-order valence-corrected chi connectivity index (χ3v) is 6.82. The van der Waals surface area contributed by atoms with Crippen LogP contribution in [0.15, 0.2) is 53.6 Å². The van der Waals surface area contributed by atoms with E-state index in [1.807, 2.05) is 0 Å². The van der Waals surface area contributed by atoms with Crippen LogP contribution in [-0.4, -0.2) is 55.8 Å². The van der Waals surface area contributed by atoms with Crippen LogP contribution in [0.3, 0.4) is 0 Å². The van der Waals surface area contributed by atoms with Crippen molar-refractivity contribution in [3.63, 3.8) is 0 Å². The van der Waals surface area contributed by atoms with Crippen LogP contribution in [0.5, 0.6) is 5.75 Å². The van der Waals surface area contributed by atoms with E-state index < -0.39 is 27.9 Å². The second kappa shape index (κ2) is 9.68. The van der Waals surface area contributed by atoms with Gasteiger partial charge >= 0.3 is 11.8 Å². The summed E-state index contributed by atoms with van der Waals surface area (Å²) in [6, 6.07) is 11.0. The van der Waals surface area contributed by atoms with Gasteiger partial charge in [0, 0.05) is 25.3 Å². The first-order valence-electron chi connectivity index (χ1n) is 9.53. The molecule has 0 bridgehead atoms. The lowest BCUT2D eigenvalue weighted by Crippen LogP contribution is -2.46. The van der Waals surface area contributed by atoms with Gasteiger partial charge < -0.3 is 15.4 Å². The van der Waals surface area contributed by atoms with E-state index in [-0.39, 0.29) is 18.0 Å². The zero-order valence-electron chi connectivity index (χ0n) is 16.6. The van der Waals surface area contributed by atoms with Gasteiger partial charge in [-0.05, 0) is 49.2 Å². The number of carbonyl (C=O) groups is 2. The summed E-state index contributed by atoms with van der Waals surface area (Å²) in [5.74, 6) is -1.03. The summed E-state index contributed by atoms with van der Waals surface area (Å²) in [4.78, 5) is 28.3. The molecule has 1 fully saturated rings. The Balaban J connectivity index is 1.56. The number of aromatic nitrogens is 1. The lowest BCUT2D eigenvalue weighted by atomic mass is 10.2. The van der Waals surface area contributed by atoms with Crippen molar-refractivity contribution < 1.29 is 22.7 Å². The summed E-state index contributed by atoms with van der Waals surface area (Å²) in [6.45, 7) is 0.556. The lowest BCUT2D eigenvalue weighted by molar-refractivity contribution is -0.139. The summed E-state index contributed by atoms with van der Waals surface area (Å²) in [5.41, 5.74) is 0.631. The first kappa shape index (κ1) is 21.7. The standard InChI is InChI=1S/C20H24N4O5S/c1-29-17-7-9-18(10-8-17)30(27,28)24-12-4-6-16(24)14-23-20(26)19(25)22-13-15-5-2-3-11-21-15/h2-3,5,7-11,16H,4,6,12-14H2,1H3,(H,22,25)(H,23,26)/t16-/m1/s1. The van der Waals surface area contributed by atoms with E-state index in [4.69, 9.17) is 4.74 Å². The normalized spacial score (nSPS) is 16.8. The van der Waals surface area contributed by atoms with Gasteiger partial charge in [-0.2, -0.15) is 4.31 Å². The van der Waals surface area contributed by atoms with Crippen LogP contribution in [0.4, 0.5) is 0 Å². The first-order chi connectivity index (χ1) is 14.4. The van der Waals surface area contributed by atoms with Gasteiger partial charge in [-0.25, -0.2) is 8.42 Å². The number of nitrogens with one attached hydrogen (secondary N) is 2. The molecule has 10 heteroatoms. The van der Waals surface area contributed by atoms with Crippen LogP contribution < -0.4 is 15.4 Å². The Bertz CT molecular complexity index is 980. The smallest absolute Gasteiger partial charge is 0.309 e. The molecule has 0 aliphatic carbocycles. The van der Waals surface area contributed by atoms with Crippen molar-refractivity contribution in [2.24, 2.45) is 0 Å². The van der Waals surface area contributed by atoms with Crippen molar-refractivity contribution in [1.29, 1.82) is 0 Å². The summed E-state index contributed by atoms with van der Waals surface area (Å²) in [6.07, 6.45) is 2.88. The molecule has 1 aliphatic rings. The fourth-order valence-electron chi connectivity index (χ4n) is 3.26. The minimum Gasteiger partial charge on any atom is -0.497 e. The van der Waals surface area contributed by atoms with Gasteiger partial charge in [0.2, 0.25) is 10.0 Å². The molecule has 0 unspecified atom stereocenters. The maximum absolute atomic E-state index is 13.0. The maximum atomic E-state index is 13.0. The van der Waals surface area contributed by atoms with Crippen molar-refractivity contribution in [3.8, 4) is 5.75 Å². The monoisotopic (exact) mass is 432 g/mol. The maximum Gasteiger partial charge on any atom is 0.309 e. The number of ether oxygens (including phenoxy) is 1. The number of pyridine rings is 1. The molecule has 1 saturated heterocycles. The van der Waals surface area contributed by atoms with E-state index in [2.05, 4.69) is 15.6 Å². The number of sulfonamides is 1. The highest BCUT2D eigenvalue weighted by atomic mass is 32.2. The molecule has 1 atom stereocenters. The second-order valence-electron chi connectivity index (χ2n) is 6.80. The Kier molecular flexibility index (Phi) is 7.01. The summed E-state index contributed by atoms with van der Waals surface area (Å²) in [5, 5.41) is 5.03. The van der Waals surface area contributed by atoms with E-state index in [1.54, 1.807) is 36.5 Å². The Morgan fingerprint density at radius 3 is 2.53 bits per heavy atom. The van der Waals surface area contributed by atoms with Gasteiger partial charge in [0.1, 0.15) is 5.75 Å². The highest BCUT2D eigenvalue weighted by molar-refractivity contribution is 7.89. The van der Waals surface area contributed by atoms with Gasteiger partial charge in [0.05, 0.1) is 24.2 Å². The molecule has 2 aromatic rings. The van der Waals surface area contributed by atoms with E-state index in [0.717, 1.165) is 0 Å². The van der Waals surface area contributed by atoms with E-state index in [1.165, 1.54) is 23.5 Å². The molecule has 1 aromatic carbocycles. The molecule has 2 N–H and O–H groups in total. The minimum absolute atomic E-state index is 0.0607. The van der Waals surface area contributed by atoms with Crippen molar-refractivity contribution in [3.05, 3.63) is 54.4 Å². The molecule has 2 heterocycles. The zero-order valence-corrected chi connectivity index (χ0v) is 17.4. The van der Waals surface area contributed by atoms with E-state index in [9.17, 15) is 18.0 Å². The molecular weight excluding hydrogens is 408 g/mol. The van der Waals surface area contributed by atoms with Crippen LogP contribution in [0.2, 0.25) is 0 Å². The van der Waals surface area contributed by atoms with Gasteiger partial charge in [-0.15, -0.1) is 0 Å². The van der Waals surface area contributed by atoms with Gasteiger partial charge in [-0.3, -0.25) is 14.6 Å². The highest BCUT2D eigenvalue weighted by Gasteiger charge is 2.35. The number of hydrogen-bond acceptors (Lipinski definition) is 6. The average molecular weight is 433 g/mol. The minimum atomic E-state index is -3.71. The summed E-state index contributed by atoms with van der Waals surface area (Å²) >= 11 is 0. The number of rotatable bonds is 7. The van der Waals surface area contributed by atoms with Gasteiger partial charge in [0.15, 0.2) is 0 Å². The molecule has 0 radical (unpaired) electrons. The highest BCUT2D eigenvalue weighted by Crippen LogP contribution is 2.26. The molecule has 30 heavy (non-hydrogen) atoms. The van der Waals surface area contributed by atoms with Crippen LogP contribution in [0.1, 0.15) is 18.5 Å². The number of benzene rings is 1. The third kappa shape index (κ3) is 5.14. The fourth-order valence-corrected chi connectivity index (χ4v) is 4.95. The summed E-state index contributed by atoms with van der Waals surface area (Å²) < 4.78 is 32.4. The third-order valence-electron chi connectivity index (χ3n) is 4.85. The molecule has 3 rings (SSSR count). The fraction of sp³-hybridized carbons (Fsp3) is 0.350. The van der Waals surface area contributed by atoms with Gasteiger partial charge in [-0.1, -0.05) is 6.07 Å². The SMILES string of the molecule is COc1ccc(S(=O)(=O)N2CCC[C@@H]2CNC(=O)C(=O)NCc2ccccn2)cc1. The molecule has 1 aliphatic heterocycles. The summed E-state index contributed by atoms with van der Waals surface area (Å²) in [7, 11) is -2.20. The van der Waals surface area contributed by atoms with Crippen LogP contribution in [-0.2, 0) is 26.2 Å². The van der Waals surface area contributed by atoms with Crippen molar-refractivity contribution in [2.75, 3.05) is 20.2 Å². The zero-order chi connectivity index (χ0) is 21.6. The van der Waals surface area contributed by atoms with Gasteiger partial charge in [0.25, 0.3) is 0 Å². The quantitative estimate of drug-likeness (QED) is 0.621. The number of amides is 2. The Hall–Kier alpha value is -2.98. The Morgan fingerprint density at radius 2 is 1.87 bits per heavy atom. The first-order valence-corrected chi connectivity index (χ1v) is 11.0. The predicted octanol–water partition coefficient (Wildman–Crippen LogP) is 0.676. The van der Waals surface area contributed by atoms with Crippen molar-refractivity contribution in [2.45, 2.75) is 30.3 Å². The number of carbonyl (C=O) groups excluding carboxylic acids is 2. The molecule has 9 nitrogen and oxygen atoms in total. The van der Waals surface area contributed by atoms with Crippen LogP contribution in [0.25, 0.3) is 0 Å². The molecule has 160 valence electrons. The second-order valence-corrected chi connectivity index (χ2v) is 8.69. The van der Waals surface area contributed by atoms with E-state index >= 15 is 0 Å². The van der Waals surface area contributed by atoms with E-state index in [0.29, 0.717) is 30.8 Å². The molecule has 2 amide bonds. The largest absolute Gasteiger partial charge is 0.497 e. The predicted molar refractivity (Wildman–Crippen MR) is 109 cm³/mol. The lowest BCUT2D eigenvalue weighted by Gasteiger charge is -2.24. The molecule has 1 aromatic heterocycles. The van der Waals surface area contributed by atoms with Crippen molar-refractivity contribution in [1.82, 2.24) is 19.9 Å². The molecule has 0 saturated carbocycles. The number of hydrogen-bond donors (Lipinski definition) is 2. The Labute approximate surface area is 175 Å². The number of nitrogens with zero attached hydrogens (tertiary/aromatic N) is 2. The molecule has 0 spiro atoms. The average Bonchev–Trinajstić information content (AvgIpc) is 3.26. The van der Waals surface area contributed by atoms with Crippen molar-refractivity contribution >= 4 is 21.8 Å². The molecular formula is C20H24N4O5S. The van der Waals surface area contributed by atoms with Crippen LogP contribution in [0, 0.1) is 0 Å². The Morgan fingerprint density at radius 1 is 1.13 bits per heavy atom. The topological polar surface area (TPSA) is 118 Å².